The van der Waals surface area contributed by atoms with Gasteiger partial charge in [0.15, 0.2) is 9.84 Å². The first-order chi connectivity index (χ1) is 11.1. The molecular formula is C20H26O2S. The second-order valence-electron chi connectivity index (χ2n) is 6.16. The van der Waals surface area contributed by atoms with E-state index in [4.69, 9.17) is 0 Å². The Morgan fingerprint density at radius 3 is 2.00 bits per heavy atom. The number of hydrogen-bond acceptors (Lipinski definition) is 2. The summed E-state index contributed by atoms with van der Waals surface area (Å²) in [6, 6.07) is 18.5. The van der Waals surface area contributed by atoms with E-state index in [2.05, 4.69) is 13.8 Å². The van der Waals surface area contributed by atoms with Crippen molar-refractivity contribution in [2.24, 2.45) is 5.92 Å². The predicted octanol–water partition coefficient (Wildman–Crippen LogP) is 5.42. The van der Waals surface area contributed by atoms with E-state index >= 15 is 0 Å². The maximum absolute atomic E-state index is 13.2. The molecule has 0 spiro atoms. The maximum Gasteiger partial charge on any atom is 0.185 e. The molecule has 0 heterocycles. The van der Waals surface area contributed by atoms with Gasteiger partial charge in [-0.2, -0.15) is 0 Å². The highest BCUT2D eigenvalue weighted by atomic mass is 32.2. The predicted molar refractivity (Wildman–Crippen MR) is 96.1 cm³/mol. The van der Waals surface area contributed by atoms with Crippen LogP contribution in [0.3, 0.4) is 0 Å². The molecule has 0 aromatic heterocycles. The van der Waals surface area contributed by atoms with Crippen molar-refractivity contribution in [1.29, 1.82) is 0 Å². The van der Waals surface area contributed by atoms with Crippen molar-refractivity contribution >= 4 is 9.84 Å². The SMILES string of the molecule is CCCCCC(C)C(c1ccccc1)S(=O)(=O)c1ccccc1. The molecule has 0 saturated heterocycles. The molecule has 2 rings (SSSR count). The van der Waals surface area contributed by atoms with Crippen LogP contribution in [0.4, 0.5) is 0 Å². The Morgan fingerprint density at radius 2 is 1.43 bits per heavy atom. The summed E-state index contributed by atoms with van der Waals surface area (Å²) in [5.41, 5.74) is 0.889. The number of benzene rings is 2. The number of hydrogen-bond donors (Lipinski definition) is 0. The van der Waals surface area contributed by atoms with Crippen LogP contribution in [0.25, 0.3) is 0 Å². The lowest BCUT2D eigenvalue weighted by Gasteiger charge is -2.25. The van der Waals surface area contributed by atoms with Gasteiger partial charge in [-0.1, -0.05) is 81.6 Å². The van der Waals surface area contributed by atoms with Crippen molar-refractivity contribution in [2.75, 3.05) is 0 Å². The van der Waals surface area contributed by atoms with Gasteiger partial charge in [-0.3, -0.25) is 0 Å². The topological polar surface area (TPSA) is 34.1 Å². The van der Waals surface area contributed by atoms with Gasteiger partial charge in [0.25, 0.3) is 0 Å². The van der Waals surface area contributed by atoms with Gasteiger partial charge in [0.05, 0.1) is 10.1 Å². The Kier molecular flexibility index (Phi) is 6.40. The zero-order chi connectivity index (χ0) is 16.7. The first-order valence-electron chi connectivity index (χ1n) is 8.41. The van der Waals surface area contributed by atoms with E-state index in [0.717, 1.165) is 31.2 Å². The first-order valence-corrected chi connectivity index (χ1v) is 9.96. The molecule has 3 heteroatoms. The highest BCUT2D eigenvalue weighted by Gasteiger charge is 2.33. The van der Waals surface area contributed by atoms with E-state index in [1.807, 2.05) is 36.4 Å². The third-order valence-corrected chi connectivity index (χ3v) is 6.65. The van der Waals surface area contributed by atoms with Crippen LogP contribution >= 0.6 is 0 Å². The van der Waals surface area contributed by atoms with E-state index < -0.39 is 15.1 Å². The number of unbranched alkanes of at least 4 members (excludes halogenated alkanes) is 2. The number of sulfone groups is 1. The molecule has 0 aliphatic heterocycles. The first kappa shape index (κ1) is 17.7. The Hall–Kier alpha value is -1.61. The summed E-state index contributed by atoms with van der Waals surface area (Å²) in [7, 11) is -3.39. The summed E-state index contributed by atoms with van der Waals surface area (Å²) in [5, 5.41) is -0.483. The largest absolute Gasteiger partial charge is 0.223 e. The highest BCUT2D eigenvalue weighted by molar-refractivity contribution is 7.91. The van der Waals surface area contributed by atoms with Crippen molar-refractivity contribution in [1.82, 2.24) is 0 Å². The van der Waals surface area contributed by atoms with E-state index in [9.17, 15) is 8.42 Å². The zero-order valence-corrected chi connectivity index (χ0v) is 14.8. The van der Waals surface area contributed by atoms with Crippen LogP contribution < -0.4 is 0 Å². The molecule has 0 aliphatic carbocycles. The molecule has 0 radical (unpaired) electrons. The van der Waals surface area contributed by atoms with Gasteiger partial charge in [-0.25, -0.2) is 8.42 Å². The fourth-order valence-electron chi connectivity index (χ4n) is 3.08. The van der Waals surface area contributed by atoms with Crippen molar-refractivity contribution in [3.05, 3.63) is 66.2 Å². The Bertz CT molecular complexity index is 678. The molecule has 0 bridgehead atoms. The molecule has 0 saturated carbocycles. The summed E-state index contributed by atoms with van der Waals surface area (Å²) in [5.74, 6) is 0.0918. The van der Waals surface area contributed by atoms with Gasteiger partial charge in [-0.05, 0) is 30.0 Å². The van der Waals surface area contributed by atoms with Gasteiger partial charge in [0.2, 0.25) is 0 Å². The fourth-order valence-corrected chi connectivity index (χ4v) is 5.17. The molecular weight excluding hydrogens is 304 g/mol. The zero-order valence-electron chi connectivity index (χ0n) is 14.0. The van der Waals surface area contributed by atoms with Crippen molar-refractivity contribution < 1.29 is 8.42 Å². The standard InChI is InChI=1S/C20H26O2S/c1-3-4-7-12-17(2)20(18-13-8-5-9-14-18)23(21,22)19-15-10-6-11-16-19/h5-6,8-11,13-17,20H,3-4,7,12H2,1-2H3. The monoisotopic (exact) mass is 330 g/mol. The number of rotatable bonds is 8. The van der Waals surface area contributed by atoms with E-state index in [0.29, 0.717) is 4.90 Å². The van der Waals surface area contributed by atoms with Crippen LogP contribution in [0, 0.1) is 5.92 Å². The van der Waals surface area contributed by atoms with E-state index in [1.54, 1.807) is 24.3 Å². The molecule has 2 atom stereocenters. The molecule has 124 valence electrons. The van der Waals surface area contributed by atoms with Crippen molar-refractivity contribution in [3.8, 4) is 0 Å². The van der Waals surface area contributed by atoms with Crippen molar-refractivity contribution in [2.45, 2.75) is 49.7 Å². The smallest absolute Gasteiger partial charge is 0.185 e. The van der Waals surface area contributed by atoms with Crippen LogP contribution in [0.2, 0.25) is 0 Å². The summed E-state index contributed by atoms with van der Waals surface area (Å²) < 4.78 is 26.4. The summed E-state index contributed by atoms with van der Waals surface area (Å²) >= 11 is 0. The third-order valence-electron chi connectivity index (χ3n) is 4.31. The molecule has 0 N–H and O–H groups in total. The molecule has 0 fully saturated rings. The minimum atomic E-state index is -3.39. The Balaban J connectivity index is 2.38. The molecule has 0 amide bonds. The molecule has 2 aromatic rings. The molecule has 2 unspecified atom stereocenters. The van der Waals surface area contributed by atoms with Gasteiger partial charge < -0.3 is 0 Å². The van der Waals surface area contributed by atoms with E-state index in [-0.39, 0.29) is 5.92 Å². The normalized spacial score (nSPS) is 14.3. The lowest BCUT2D eigenvalue weighted by molar-refractivity contribution is 0.462. The van der Waals surface area contributed by atoms with Crippen LogP contribution in [-0.4, -0.2) is 8.42 Å². The maximum atomic E-state index is 13.2. The Morgan fingerprint density at radius 1 is 0.870 bits per heavy atom. The molecule has 0 aliphatic rings. The molecule has 23 heavy (non-hydrogen) atoms. The fraction of sp³-hybridized carbons (Fsp3) is 0.400. The average molecular weight is 330 g/mol. The molecule has 2 aromatic carbocycles. The Labute approximate surface area is 140 Å². The minimum Gasteiger partial charge on any atom is -0.223 e. The van der Waals surface area contributed by atoms with Crippen LogP contribution in [-0.2, 0) is 9.84 Å². The van der Waals surface area contributed by atoms with Crippen LogP contribution in [0.1, 0.15) is 50.3 Å². The highest BCUT2D eigenvalue weighted by Crippen LogP contribution is 2.37. The molecule has 2 nitrogen and oxygen atoms in total. The van der Waals surface area contributed by atoms with Gasteiger partial charge >= 0.3 is 0 Å². The minimum absolute atomic E-state index is 0.0918. The second-order valence-corrected chi connectivity index (χ2v) is 8.23. The van der Waals surface area contributed by atoms with Gasteiger partial charge in [0, 0.05) is 0 Å². The van der Waals surface area contributed by atoms with Gasteiger partial charge in [-0.15, -0.1) is 0 Å². The van der Waals surface area contributed by atoms with Gasteiger partial charge in [0.1, 0.15) is 0 Å². The summed E-state index contributed by atoms with van der Waals surface area (Å²) in [6.45, 7) is 4.23. The van der Waals surface area contributed by atoms with Crippen molar-refractivity contribution in [3.63, 3.8) is 0 Å². The lowest BCUT2D eigenvalue weighted by atomic mass is 9.95. The van der Waals surface area contributed by atoms with E-state index in [1.165, 1.54) is 0 Å². The average Bonchev–Trinajstić information content (AvgIpc) is 2.57. The quantitative estimate of drug-likeness (QED) is 0.606. The third kappa shape index (κ3) is 4.44. The summed E-state index contributed by atoms with van der Waals surface area (Å²) in [6.07, 6.45) is 4.30. The van der Waals surface area contributed by atoms with Crippen LogP contribution in [0.5, 0.6) is 0 Å². The van der Waals surface area contributed by atoms with Crippen LogP contribution in [0.15, 0.2) is 65.6 Å². The second kappa shape index (κ2) is 8.30. The summed E-state index contributed by atoms with van der Waals surface area (Å²) in [4.78, 5) is 0.413. The lowest BCUT2D eigenvalue weighted by Crippen LogP contribution is -2.21.